The van der Waals surface area contributed by atoms with Crippen molar-refractivity contribution in [3.63, 3.8) is 0 Å². The summed E-state index contributed by atoms with van der Waals surface area (Å²) >= 11 is 10.4. The fourth-order valence-electron chi connectivity index (χ4n) is 1.52. The lowest BCUT2D eigenvalue weighted by molar-refractivity contribution is 0.666. The van der Waals surface area contributed by atoms with Gasteiger partial charge in [0.05, 0.1) is 11.7 Å². The van der Waals surface area contributed by atoms with E-state index < -0.39 is 0 Å². The number of isothiocyanates is 1. The molecule has 2 aromatic rings. The maximum absolute atomic E-state index is 5.83. The zero-order valence-electron chi connectivity index (χ0n) is 9.22. The summed E-state index contributed by atoms with van der Waals surface area (Å²) in [6, 6.07) is 9.56. The molecule has 0 aliphatic heterocycles. The Morgan fingerprint density at radius 2 is 2.12 bits per heavy atom. The van der Waals surface area contributed by atoms with Crippen molar-refractivity contribution in [1.29, 1.82) is 0 Å². The van der Waals surface area contributed by atoms with Gasteiger partial charge in [-0.05, 0) is 36.8 Å². The Morgan fingerprint density at radius 3 is 2.76 bits per heavy atom. The van der Waals surface area contributed by atoms with E-state index in [0.717, 1.165) is 16.3 Å². The third kappa shape index (κ3) is 3.01. The minimum absolute atomic E-state index is 0.589. The number of halogens is 1. The van der Waals surface area contributed by atoms with Crippen LogP contribution in [0.2, 0.25) is 5.02 Å². The molecular weight excluding hydrogens is 254 g/mol. The molecule has 0 bridgehead atoms. The lowest BCUT2D eigenvalue weighted by Gasteiger charge is -2.04. The molecule has 0 radical (unpaired) electrons. The second kappa shape index (κ2) is 5.23. The largest absolute Gasteiger partial charge is 0.263 e. The maximum atomic E-state index is 5.83. The van der Waals surface area contributed by atoms with Gasteiger partial charge < -0.3 is 0 Å². The molecule has 2 rings (SSSR count). The molecule has 5 heteroatoms. The van der Waals surface area contributed by atoms with E-state index in [1.165, 1.54) is 0 Å². The molecule has 1 heterocycles. The zero-order valence-corrected chi connectivity index (χ0v) is 10.8. The Labute approximate surface area is 110 Å². The number of nitrogens with zero attached hydrogens (tertiary/aromatic N) is 3. The molecule has 1 aromatic heterocycles. The molecule has 0 amide bonds. The molecule has 0 N–H and O–H groups in total. The van der Waals surface area contributed by atoms with Crippen LogP contribution < -0.4 is 0 Å². The monoisotopic (exact) mass is 263 g/mol. The highest BCUT2D eigenvalue weighted by Crippen LogP contribution is 2.15. The smallest absolute Gasteiger partial charge is 0.184 e. The van der Waals surface area contributed by atoms with Crippen molar-refractivity contribution in [2.75, 3.05) is 0 Å². The van der Waals surface area contributed by atoms with Gasteiger partial charge in [0.2, 0.25) is 0 Å². The van der Waals surface area contributed by atoms with E-state index in [-0.39, 0.29) is 0 Å². The van der Waals surface area contributed by atoms with Crippen molar-refractivity contribution < 1.29 is 0 Å². The van der Waals surface area contributed by atoms with Crippen molar-refractivity contribution in [2.45, 2.75) is 13.5 Å². The highest BCUT2D eigenvalue weighted by atomic mass is 35.5. The van der Waals surface area contributed by atoms with E-state index in [4.69, 9.17) is 11.6 Å². The van der Waals surface area contributed by atoms with Crippen molar-refractivity contribution in [3.8, 4) is 0 Å². The molecule has 0 fully saturated rings. The van der Waals surface area contributed by atoms with Gasteiger partial charge in [-0.3, -0.25) is 4.68 Å². The van der Waals surface area contributed by atoms with Gasteiger partial charge in [-0.25, -0.2) is 0 Å². The van der Waals surface area contributed by atoms with Gasteiger partial charge in [0.15, 0.2) is 5.82 Å². The standard InChI is InChI=1S/C12H10ClN3S/c1-9-6-12(14-8-17)15-16(9)7-10-2-4-11(13)5-3-10/h2-6H,7H2,1H3. The summed E-state index contributed by atoms with van der Waals surface area (Å²) in [6.45, 7) is 2.67. The molecule has 0 spiro atoms. The van der Waals surface area contributed by atoms with Crippen molar-refractivity contribution >= 4 is 34.8 Å². The number of thiocarbonyl (C=S) groups is 1. The van der Waals surface area contributed by atoms with Crippen LogP contribution in [0.15, 0.2) is 35.3 Å². The van der Waals surface area contributed by atoms with Gasteiger partial charge in [-0.1, -0.05) is 23.7 Å². The van der Waals surface area contributed by atoms with Gasteiger partial charge in [-0.15, -0.1) is 0 Å². The van der Waals surface area contributed by atoms with Crippen LogP contribution in [0.3, 0.4) is 0 Å². The molecule has 0 atom stereocenters. The van der Waals surface area contributed by atoms with Crippen LogP contribution in [0.4, 0.5) is 5.82 Å². The Hall–Kier alpha value is -1.48. The third-order valence-electron chi connectivity index (χ3n) is 2.37. The summed E-state index contributed by atoms with van der Waals surface area (Å²) in [4.78, 5) is 3.86. The molecule has 0 unspecified atom stereocenters. The Kier molecular flexibility index (Phi) is 3.69. The molecule has 3 nitrogen and oxygen atoms in total. The summed E-state index contributed by atoms with van der Waals surface area (Å²) in [5.74, 6) is 0.589. The number of aliphatic imine (C=N–C) groups is 1. The van der Waals surface area contributed by atoms with Gasteiger partial charge in [0.1, 0.15) is 0 Å². The van der Waals surface area contributed by atoms with E-state index in [9.17, 15) is 0 Å². The fourth-order valence-corrected chi connectivity index (χ4v) is 1.74. The molecule has 1 aromatic carbocycles. The summed E-state index contributed by atoms with van der Waals surface area (Å²) in [6.07, 6.45) is 0. The SMILES string of the molecule is Cc1cc(N=C=S)nn1Cc1ccc(Cl)cc1. The predicted molar refractivity (Wildman–Crippen MR) is 72.2 cm³/mol. The summed E-state index contributed by atoms with van der Waals surface area (Å²) < 4.78 is 1.87. The van der Waals surface area contributed by atoms with E-state index >= 15 is 0 Å². The third-order valence-corrected chi connectivity index (χ3v) is 2.72. The quantitative estimate of drug-likeness (QED) is 0.625. The molecule has 0 aliphatic rings. The molecule has 86 valence electrons. The highest BCUT2D eigenvalue weighted by molar-refractivity contribution is 7.78. The molecule has 0 saturated heterocycles. The van der Waals surface area contributed by atoms with Crippen LogP contribution in [-0.2, 0) is 6.54 Å². The van der Waals surface area contributed by atoms with Crippen molar-refractivity contribution in [3.05, 3.63) is 46.6 Å². The van der Waals surface area contributed by atoms with Crippen LogP contribution in [0.1, 0.15) is 11.3 Å². The van der Waals surface area contributed by atoms with Crippen molar-refractivity contribution in [1.82, 2.24) is 9.78 Å². The first-order valence-electron chi connectivity index (χ1n) is 5.06. The first kappa shape index (κ1) is 12.0. The fraction of sp³-hybridized carbons (Fsp3) is 0.167. The Bertz CT molecular complexity index is 568. The Balaban J connectivity index is 2.23. The van der Waals surface area contributed by atoms with Gasteiger partial charge in [0, 0.05) is 16.8 Å². The van der Waals surface area contributed by atoms with Crippen LogP contribution in [0.5, 0.6) is 0 Å². The zero-order chi connectivity index (χ0) is 12.3. The Morgan fingerprint density at radius 1 is 1.41 bits per heavy atom. The molecule has 0 aliphatic carbocycles. The molecule has 0 saturated carbocycles. The van der Waals surface area contributed by atoms with E-state index in [0.29, 0.717) is 12.4 Å². The number of hydrogen-bond donors (Lipinski definition) is 0. The lowest BCUT2D eigenvalue weighted by Crippen LogP contribution is -2.03. The average Bonchev–Trinajstić information content (AvgIpc) is 2.63. The summed E-state index contributed by atoms with van der Waals surface area (Å²) in [7, 11) is 0. The minimum Gasteiger partial charge on any atom is -0.263 e. The van der Waals surface area contributed by atoms with Gasteiger partial charge >= 0.3 is 0 Å². The van der Waals surface area contributed by atoms with Gasteiger partial charge in [-0.2, -0.15) is 10.1 Å². The second-order valence-electron chi connectivity index (χ2n) is 3.63. The normalized spacial score (nSPS) is 10.0. The number of aromatic nitrogens is 2. The average molecular weight is 264 g/mol. The minimum atomic E-state index is 0.589. The number of hydrogen-bond acceptors (Lipinski definition) is 3. The number of benzene rings is 1. The van der Waals surface area contributed by atoms with E-state index in [1.54, 1.807) is 0 Å². The predicted octanol–water partition coefficient (Wildman–Crippen LogP) is 3.63. The lowest BCUT2D eigenvalue weighted by atomic mass is 10.2. The summed E-state index contributed by atoms with van der Waals surface area (Å²) in [5.41, 5.74) is 2.17. The number of rotatable bonds is 3. The van der Waals surface area contributed by atoms with Crippen LogP contribution in [0.25, 0.3) is 0 Å². The highest BCUT2D eigenvalue weighted by Gasteiger charge is 2.03. The maximum Gasteiger partial charge on any atom is 0.184 e. The summed E-state index contributed by atoms with van der Waals surface area (Å²) in [5, 5.41) is 7.35. The molecular formula is C12H10ClN3S. The topological polar surface area (TPSA) is 30.2 Å². The van der Waals surface area contributed by atoms with Crippen LogP contribution in [0, 0.1) is 6.92 Å². The number of aryl methyl sites for hydroxylation is 1. The van der Waals surface area contributed by atoms with Crippen molar-refractivity contribution in [2.24, 2.45) is 4.99 Å². The molecule has 17 heavy (non-hydrogen) atoms. The van der Waals surface area contributed by atoms with Crippen LogP contribution >= 0.6 is 23.8 Å². The first-order valence-corrected chi connectivity index (χ1v) is 5.84. The van der Waals surface area contributed by atoms with Gasteiger partial charge in [0.25, 0.3) is 0 Å². The van der Waals surface area contributed by atoms with E-state index in [2.05, 4.69) is 27.5 Å². The second-order valence-corrected chi connectivity index (χ2v) is 4.25. The van der Waals surface area contributed by atoms with Crippen LogP contribution in [-0.4, -0.2) is 14.9 Å². The first-order chi connectivity index (χ1) is 8.19. The van der Waals surface area contributed by atoms with E-state index in [1.807, 2.05) is 41.9 Å².